The smallest absolute Gasteiger partial charge is 0.352 e. The van der Waals surface area contributed by atoms with Crippen molar-refractivity contribution in [2.24, 2.45) is 0 Å². The van der Waals surface area contributed by atoms with Gasteiger partial charge in [0.2, 0.25) is 5.88 Å². The quantitative estimate of drug-likeness (QED) is 0.416. The topological polar surface area (TPSA) is 97.5 Å². The fraction of sp³-hybridized carbons (Fsp3) is 0.417. The van der Waals surface area contributed by atoms with Crippen LogP contribution in [0.2, 0.25) is 0 Å². The zero-order chi connectivity index (χ0) is 24.8. The van der Waals surface area contributed by atoms with Crippen LogP contribution in [0.5, 0.6) is 5.88 Å². The lowest BCUT2D eigenvalue weighted by atomic mass is 10.2. The van der Waals surface area contributed by atoms with Crippen molar-refractivity contribution in [1.82, 2.24) is 19.3 Å². The predicted octanol–water partition coefficient (Wildman–Crippen LogP) is 3.66. The van der Waals surface area contributed by atoms with E-state index >= 15 is 4.39 Å². The van der Waals surface area contributed by atoms with E-state index in [1.165, 1.54) is 4.57 Å². The first kappa shape index (κ1) is 25.1. The monoisotopic (exact) mass is 472 g/mol. The molecular formula is C24H29FN4O5. The summed E-state index contributed by atoms with van der Waals surface area (Å²) in [6, 6.07) is 10.5. The number of ether oxygens (including phenoxy) is 3. The molecule has 0 amide bonds. The van der Waals surface area contributed by atoms with Gasteiger partial charge in [0.25, 0.3) is 0 Å². The van der Waals surface area contributed by atoms with E-state index in [9.17, 15) is 9.59 Å². The molecule has 0 radical (unpaired) electrons. The maximum Gasteiger partial charge on any atom is 0.352 e. The maximum atomic E-state index is 15.1. The molecule has 0 fully saturated rings. The fourth-order valence-electron chi connectivity index (χ4n) is 3.18. The Balaban J connectivity index is 1.96. The van der Waals surface area contributed by atoms with Crippen LogP contribution in [0.4, 0.5) is 4.39 Å². The highest BCUT2D eigenvalue weighted by Gasteiger charge is 2.25. The molecular weight excluding hydrogens is 443 g/mol. The van der Waals surface area contributed by atoms with Gasteiger partial charge < -0.3 is 14.2 Å². The summed E-state index contributed by atoms with van der Waals surface area (Å²) in [5.41, 5.74) is 0.220. The van der Waals surface area contributed by atoms with E-state index in [0.717, 1.165) is 16.3 Å². The molecule has 0 aliphatic rings. The molecule has 2 aromatic heterocycles. The van der Waals surface area contributed by atoms with Crippen LogP contribution in [-0.2, 0) is 29.2 Å². The van der Waals surface area contributed by atoms with Gasteiger partial charge in [0.15, 0.2) is 17.5 Å². The maximum absolute atomic E-state index is 15.1. The third-order valence-corrected chi connectivity index (χ3v) is 4.63. The number of aromatic nitrogens is 4. The van der Waals surface area contributed by atoms with E-state index in [-0.39, 0.29) is 30.0 Å². The Morgan fingerprint density at radius 1 is 1.09 bits per heavy atom. The first-order valence-electron chi connectivity index (χ1n) is 11.1. The number of hydrogen-bond donors (Lipinski definition) is 0. The highest BCUT2D eigenvalue weighted by molar-refractivity contribution is 5.92. The van der Waals surface area contributed by atoms with Crippen molar-refractivity contribution in [2.45, 2.75) is 66.6 Å². The van der Waals surface area contributed by atoms with E-state index in [1.54, 1.807) is 34.6 Å². The second-order valence-corrected chi connectivity index (χ2v) is 8.10. The van der Waals surface area contributed by atoms with Crippen LogP contribution in [0.25, 0.3) is 5.82 Å². The van der Waals surface area contributed by atoms with E-state index < -0.39 is 23.6 Å². The zero-order valence-corrected chi connectivity index (χ0v) is 19.9. The van der Waals surface area contributed by atoms with Crippen molar-refractivity contribution in [1.29, 1.82) is 0 Å². The van der Waals surface area contributed by atoms with Crippen LogP contribution in [0.3, 0.4) is 0 Å². The van der Waals surface area contributed by atoms with Gasteiger partial charge in [-0.05, 0) is 46.2 Å². The highest BCUT2D eigenvalue weighted by Crippen LogP contribution is 2.23. The SMILES string of the molecule is CCn1c(COCc2ccccc2)nn(-c2nc(OC(C)C)c(C(=O)OC(C)C)cc2F)c1=O. The Labute approximate surface area is 197 Å². The summed E-state index contributed by atoms with van der Waals surface area (Å²) in [5.74, 6) is -1.88. The molecule has 9 nitrogen and oxygen atoms in total. The molecule has 0 spiro atoms. The number of rotatable bonds is 10. The van der Waals surface area contributed by atoms with Crippen LogP contribution in [0.15, 0.2) is 41.2 Å². The summed E-state index contributed by atoms with van der Waals surface area (Å²) in [6.45, 7) is 9.28. The third kappa shape index (κ3) is 5.88. The van der Waals surface area contributed by atoms with E-state index in [2.05, 4.69) is 10.1 Å². The Hall–Kier alpha value is -3.53. The standard InChI is InChI=1S/C24H29FN4O5/c1-6-28-20(14-32-13-17-10-8-7-9-11-17)27-29(24(28)31)21-19(25)12-18(23(30)34-16(4)5)22(26-21)33-15(2)3/h7-12,15-16H,6,13-14H2,1-5H3. The number of hydrogen-bond acceptors (Lipinski definition) is 7. The third-order valence-electron chi connectivity index (χ3n) is 4.63. The lowest BCUT2D eigenvalue weighted by molar-refractivity contribution is 0.0370. The van der Waals surface area contributed by atoms with Gasteiger partial charge in [0.1, 0.15) is 12.2 Å². The van der Waals surface area contributed by atoms with Crippen molar-refractivity contribution < 1.29 is 23.4 Å². The number of carbonyl (C=O) groups is 1. The van der Waals surface area contributed by atoms with Gasteiger partial charge in [-0.2, -0.15) is 9.67 Å². The van der Waals surface area contributed by atoms with E-state index in [0.29, 0.717) is 19.0 Å². The minimum absolute atomic E-state index is 0.0424. The lowest BCUT2D eigenvalue weighted by Gasteiger charge is -2.15. The molecule has 3 rings (SSSR count). The van der Waals surface area contributed by atoms with Crippen molar-refractivity contribution >= 4 is 5.97 Å². The lowest BCUT2D eigenvalue weighted by Crippen LogP contribution is -2.26. The van der Waals surface area contributed by atoms with Gasteiger partial charge in [-0.15, -0.1) is 5.10 Å². The number of halogens is 1. The molecule has 2 heterocycles. The minimum Gasteiger partial charge on any atom is -0.474 e. The number of carbonyl (C=O) groups excluding carboxylic acids is 1. The second kappa shape index (κ2) is 11.1. The molecule has 3 aromatic rings. The van der Waals surface area contributed by atoms with Crippen LogP contribution < -0.4 is 10.4 Å². The Bertz CT molecular complexity index is 1190. The summed E-state index contributed by atoms with van der Waals surface area (Å²) in [4.78, 5) is 29.6. The number of nitrogens with zero attached hydrogens (tertiary/aromatic N) is 4. The van der Waals surface area contributed by atoms with E-state index in [1.807, 2.05) is 30.3 Å². The molecule has 1 aromatic carbocycles. The average molecular weight is 473 g/mol. The average Bonchev–Trinajstić information content (AvgIpc) is 3.09. The molecule has 0 N–H and O–H groups in total. The molecule has 182 valence electrons. The molecule has 0 saturated heterocycles. The van der Waals surface area contributed by atoms with Gasteiger partial charge in [0, 0.05) is 6.54 Å². The summed E-state index contributed by atoms with van der Waals surface area (Å²) in [6.07, 6.45) is -0.772. The van der Waals surface area contributed by atoms with Crippen LogP contribution in [0, 0.1) is 5.82 Å². The van der Waals surface area contributed by atoms with Gasteiger partial charge in [0.05, 0.1) is 18.8 Å². The first-order chi connectivity index (χ1) is 16.2. The molecule has 0 aliphatic heterocycles. The van der Waals surface area contributed by atoms with Crippen LogP contribution in [-0.4, -0.2) is 37.5 Å². The first-order valence-corrected chi connectivity index (χ1v) is 11.1. The fourth-order valence-corrected chi connectivity index (χ4v) is 3.18. The molecule has 0 atom stereocenters. The second-order valence-electron chi connectivity index (χ2n) is 8.10. The minimum atomic E-state index is -0.911. The molecule has 34 heavy (non-hydrogen) atoms. The van der Waals surface area contributed by atoms with E-state index in [4.69, 9.17) is 14.2 Å². The van der Waals surface area contributed by atoms with Gasteiger partial charge in [-0.1, -0.05) is 30.3 Å². The normalized spacial score (nSPS) is 11.3. The largest absolute Gasteiger partial charge is 0.474 e. The van der Waals surface area contributed by atoms with Crippen molar-refractivity contribution in [3.63, 3.8) is 0 Å². The number of pyridine rings is 1. The van der Waals surface area contributed by atoms with Crippen LogP contribution >= 0.6 is 0 Å². The summed E-state index contributed by atoms with van der Waals surface area (Å²) >= 11 is 0. The summed E-state index contributed by atoms with van der Waals surface area (Å²) in [5, 5.41) is 4.25. The number of esters is 1. The molecule has 0 unspecified atom stereocenters. The number of benzene rings is 1. The molecule has 10 heteroatoms. The van der Waals surface area contributed by atoms with Crippen LogP contribution in [0.1, 0.15) is 56.4 Å². The van der Waals surface area contributed by atoms with Crippen molar-refractivity contribution in [2.75, 3.05) is 0 Å². The van der Waals surface area contributed by atoms with Gasteiger partial charge in [-0.25, -0.2) is 14.0 Å². The molecule has 0 aliphatic carbocycles. The van der Waals surface area contributed by atoms with Crippen molar-refractivity contribution in [3.05, 3.63) is 69.7 Å². The van der Waals surface area contributed by atoms with Gasteiger partial charge in [-0.3, -0.25) is 4.57 Å². The highest BCUT2D eigenvalue weighted by atomic mass is 19.1. The molecule has 0 saturated carbocycles. The Kier molecular flexibility index (Phi) is 8.17. The van der Waals surface area contributed by atoms with Gasteiger partial charge >= 0.3 is 11.7 Å². The zero-order valence-electron chi connectivity index (χ0n) is 19.9. The summed E-state index contributed by atoms with van der Waals surface area (Å²) in [7, 11) is 0. The summed E-state index contributed by atoms with van der Waals surface area (Å²) < 4.78 is 33.8. The Morgan fingerprint density at radius 2 is 1.79 bits per heavy atom. The predicted molar refractivity (Wildman–Crippen MR) is 123 cm³/mol. The van der Waals surface area contributed by atoms with Crippen molar-refractivity contribution in [3.8, 4) is 11.7 Å². The Morgan fingerprint density at radius 3 is 2.41 bits per heavy atom. The molecule has 0 bridgehead atoms.